The summed E-state index contributed by atoms with van der Waals surface area (Å²) >= 11 is 0. The smallest absolute Gasteiger partial charge is 0.308 e. The zero-order valence-electron chi connectivity index (χ0n) is 19.9. The molecule has 11 heteroatoms. The highest BCUT2D eigenvalue weighted by molar-refractivity contribution is 7.54. The van der Waals surface area contributed by atoms with Gasteiger partial charge in [0.15, 0.2) is 0 Å². The number of hydrogen-bond donors (Lipinski definition) is 0. The summed E-state index contributed by atoms with van der Waals surface area (Å²) in [5.74, 6) is -1.14. The Balaban J connectivity index is 1.72. The first-order valence-corrected chi connectivity index (χ1v) is 13.1. The molecule has 188 valence electrons. The van der Waals surface area contributed by atoms with Gasteiger partial charge in [0.1, 0.15) is 11.6 Å². The Morgan fingerprint density at radius 1 is 1.03 bits per heavy atom. The van der Waals surface area contributed by atoms with Crippen LogP contribution in [0.2, 0.25) is 0 Å². The van der Waals surface area contributed by atoms with Crippen LogP contribution in [-0.2, 0) is 31.5 Å². The lowest BCUT2D eigenvalue weighted by molar-refractivity contribution is -0.138. The molecule has 0 radical (unpaired) electrons. The maximum absolute atomic E-state index is 14.3. The highest BCUT2D eigenvalue weighted by Crippen LogP contribution is 2.57. The van der Waals surface area contributed by atoms with Gasteiger partial charge in [0, 0.05) is 19.0 Å². The van der Waals surface area contributed by atoms with Gasteiger partial charge in [0.05, 0.1) is 43.3 Å². The monoisotopic (exact) mass is 505 g/mol. The van der Waals surface area contributed by atoms with Crippen molar-refractivity contribution in [3.63, 3.8) is 0 Å². The third-order valence-electron chi connectivity index (χ3n) is 6.00. The van der Waals surface area contributed by atoms with Crippen LogP contribution in [0.15, 0.2) is 58.1 Å². The van der Waals surface area contributed by atoms with Crippen LogP contribution in [0.3, 0.4) is 0 Å². The Labute approximate surface area is 202 Å². The van der Waals surface area contributed by atoms with E-state index in [0.29, 0.717) is 17.3 Å². The molecule has 9 nitrogen and oxygen atoms in total. The molecule has 2 atom stereocenters. The second kappa shape index (κ2) is 10.6. The quantitative estimate of drug-likeness (QED) is 0.411. The van der Waals surface area contributed by atoms with Gasteiger partial charge in [-0.2, -0.15) is 5.06 Å². The molecular weight excluding hydrogens is 476 g/mol. The first-order valence-electron chi connectivity index (χ1n) is 11.5. The predicted molar refractivity (Wildman–Crippen MR) is 130 cm³/mol. The number of hydrogen-bond acceptors (Lipinski definition) is 7. The molecule has 4 rings (SSSR count). The summed E-state index contributed by atoms with van der Waals surface area (Å²) in [4.78, 5) is 32.6. The van der Waals surface area contributed by atoms with Crippen molar-refractivity contribution in [2.45, 2.75) is 45.2 Å². The van der Waals surface area contributed by atoms with Crippen molar-refractivity contribution >= 4 is 18.5 Å². The van der Waals surface area contributed by atoms with Crippen molar-refractivity contribution in [2.75, 3.05) is 20.3 Å². The summed E-state index contributed by atoms with van der Waals surface area (Å²) in [6.07, 6.45) is -0.235. The molecule has 2 heterocycles. The van der Waals surface area contributed by atoms with E-state index >= 15 is 0 Å². The van der Waals surface area contributed by atoms with Crippen molar-refractivity contribution in [1.29, 1.82) is 0 Å². The van der Waals surface area contributed by atoms with Crippen molar-refractivity contribution in [3.05, 3.63) is 80.7 Å². The van der Waals surface area contributed by atoms with E-state index in [1.807, 2.05) is 0 Å². The molecule has 1 aliphatic heterocycles. The highest BCUT2D eigenvalue weighted by Gasteiger charge is 2.46. The van der Waals surface area contributed by atoms with Crippen molar-refractivity contribution in [3.8, 4) is 0 Å². The average Bonchev–Trinajstić information content (AvgIpc) is 3.22. The number of para-hydroxylation sites is 1. The van der Waals surface area contributed by atoms with Crippen LogP contribution in [0.25, 0.3) is 10.9 Å². The molecule has 0 amide bonds. The summed E-state index contributed by atoms with van der Waals surface area (Å²) < 4.78 is 41.1. The van der Waals surface area contributed by atoms with E-state index in [9.17, 15) is 18.5 Å². The minimum Gasteiger partial charge on any atom is -0.308 e. The van der Waals surface area contributed by atoms with Gasteiger partial charge in [-0.3, -0.25) is 23.3 Å². The van der Waals surface area contributed by atoms with Gasteiger partial charge < -0.3 is 9.05 Å². The minimum atomic E-state index is -3.48. The van der Waals surface area contributed by atoms with Gasteiger partial charge >= 0.3 is 13.3 Å². The molecule has 2 aromatic carbocycles. The summed E-state index contributed by atoms with van der Waals surface area (Å²) in [6.45, 7) is 3.81. The molecule has 0 spiro atoms. The minimum absolute atomic E-state index is 0.0932. The van der Waals surface area contributed by atoms with E-state index in [2.05, 4.69) is 0 Å². The van der Waals surface area contributed by atoms with Gasteiger partial charge in [0.2, 0.25) is 0 Å². The first-order chi connectivity index (χ1) is 16.8. The Morgan fingerprint density at radius 3 is 2.37 bits per heavy atom. The molecule has 1 aliphatic rings. The Hall–Kier alpha value is -2.62. The fourth-order valence-corrected chi connectivity index (χ4v) is 6.51. The number of halogens is 1. The summed E-state index contributed by atoms with van der Waals surface area (Å²) in [5, 5.41) is 1.79. The van der Waals surface area contributed by atoms with E-state index < -0.39 is 36.5 Å². The van der Waals surface area contributed by atoms with Crippen molar-refractivity contribution < 1.29 is 22.8 Å². The maximum Gasteiger partial charge on any atom is 0.350 e. The average molecular weight is 505 g/mol. The number of rotatable bonds is 9. The molecule has 0 bridgehead atoms. The molecule has 3 aromatic rings. The van der Waals surface area contributed by atoms with Crippen LogP contribution >= 0.6 is 7.60 Å². The van der Waals surface area contributed by atoms with Gasteiger partial charge in [-0.25, -0.2) is 9.18 Å². The van der Waals surface area contributed by atoms with Crippen molar-refractivity contribution in [1.82, 2.24) is 14.2 Å². The SMILES string of the molecule is CCOP(=O)(OCC)[C@H]1C[C@@H](Cn2c(=O)n(Cc3ccccc3F)c(=O)c3ccccc32)ON1C. The zero-order chi connectivity index (χ0) is 25.2. The molecule has 35 heavy (non-hydrogen) atoms. The first kappa shape index (κ1) is 25.5. The Bertz CT molecular complexity index is 1360. The molecule has 1 aromatic heterocycles. The van der Waals surface area contributed by atoms with Gasteiger partial charge in [-0.05, 0) is 32.0 Å². The second-order valence-electron chi connectivity index (χ2n) is 8.26. The van der Waals surface area contributed by atoms with Crippen LogP contribution in [0.5, 0.6) is 0 Å². The Kier molecular flexibility index (Phi) is 7.68. The normalized spacial score (nSPS) is 19.0. The number of benzene rings is 2. The molecule has 0 saturated carbocycles. The summed E-state index contributed by atoms with van der Waals surface area (Å²) in [7, 11) is -1.83. The third-order valence-corrected chi connectivity index (χ3v) is 8.50. The molecule has 0 unspecified atom stereocenters. The van der Waals surface area contributed by atoms with Crippen LogP contribution in [0, 0.1) is 5.82 Å². The molecule has 0 N–H and O–H groups in total. The largest absolute Gasteiger partial charge is 0.350 e. The standard InChI is InChI=1S/C24H29FN3O6P/c1-4-32-35(31,33-5-2)22-14-18(34-26(22)3)16-27-21-13-9-7-11-19(21)23(29)28(24(27)30)15-17-10-6-8-12-20(17)25/h6-13,18,22H,4-5,14-16H2,1-3H3/t18-,22-/m0/s1. The van der Waals surface area contributed by atoms with Gasteiger partial charge in [-0.15, -0.1) is 0 Å². The van der Waals surface area contributed by atoms with E-state index in [-0.39, 0.29) is 31.9 Å². The fourth-order valence-electron chi connectivity index (χ4n) is 4.42. The van der Waals surface area contributed by atoms with Crippen LogP contribution in [0.4, 0.5) is 4.39 Å². The highest BCUT2D eigenvalue weighted by atomic mass is 31.2. The van der Waals surface area contributed by atoms with E-state index in [1.54, 1.807) is 63.4 Å². The molecule has 1 fully saturated rings. The predicted octanol–water partition coefficient (Wildman–Crippen LogP) is 3.58. The van der Waals surface area contributed by atoms with E-state index in [1.165, 1.54) is 15.7 Å². The summed E-state index contributed by atoms with van der Waals surface area (Å²) in [6, 6.07) is 12.8. The number of fused-ring (bicyclic) bond motifs is 1. The molecule has 1 saturated heterocycles. The lowest BCUT2D eigenvalue weighted by Crippen LogP contribution is -2.42. The lowest BCUT2D eigenvalue weighted by atomic mass is 10.2. The van der Waals surface area contributed by atoms with E-state index in [0.717, 1.165) is 4.57 Å². The lowest BCUT2D eigenvalue weighted by Gasteiger charge is -2.25. The van der Waals surface area contributed by atoms with E-state index in [4.69, 9.17) is 13.9 Å². The fraction of sp³-hybridized carbons (Fsp3) is 0.417. The summed E-state index contributed by atoms with van der Waals surface area (Å²) in [5.41, 5.74) is -0.395. The maximum atomic E-state index is 14.3. The number of aromatic nitrogens is 2. The topological polar surface area (TPSA) is 92.0 Å². The van der Waals surface area contributed by atoms with Crippen LogP contribution in [0.1, 0.15) is 25.8 Å². The van der Waals surface area contributed by atoms with Crippen molar-refractivity contribution in [2.24, 2.45) is 0 Å². The Morgan fingerprint density at radius 2 is 1.69 bits per heavy atom. The van der Waals surface area contributed by atoms with Crippen LogP contribution in [-0.4, -0.2) is 46.3 Å². The van der Waals surface area contributed by atoms with Gasteiger partial charge in [-0.1, -0.05) is 30.3 Å². The van der Waals surface area contributed by atoms with Crippen LogP contribution < -0.4 is 11.2 Å². The molecular formula is C24H29FN3O6P. The third kappa shape index (κ3) is 5.03. The number of hydroxylamine groups is 2. The van der Waals surface area contributed by atoms with Gasteiger partial charge in [0.25, 0.3) is 5.56 Å². The molecule has 0 aliphatic carbocycles. The second-order valence-corrected chi connectivity index (χ2v) is 10.5. The number of nitrogens with zero attached hydrogens (tertiary/aromatic N) is 3. The zero-order valence-corrected chi connectivity index (χ0v) is 20.8.